The summed E-state index contributed by atoms with van der Waals surface area (Å²) in [7, 11) is 3.24. The number of benzene rings is 2. The van der Waals surface area contributed by atoms with Crippen LogP contribution in [0.4, 0.5) is 11.4 Å². The summed E-state index contributed by atoms with van der Waals surface area (Å²) in [4.78, 5) is 23.7. The standard InChI is InChI=1S/C22H22ClN3O3S2/c1-5-25-16-12-14(28-3)8-10-18(16)30-21(25)19-20(27)26(6-2)22(31-19)24-15-11-13(23)7-9-17(15)29-4/h7-12H,5-6H2,1-4H3. The van der Waals surface area contributed by atoms with Crippen molar-refractivity contribution >= 4 is 57.6 Å². The number of likely N-dealkylation sites (N-methyl/N-ethyl adjacent to an activating group) is 1. The maximum absolute atomic E-state index is 13.3. The summed E-state index contributed by atoms with van der Waals surface area (Å²) in [6.45, 7) is 5.27. The Balaban J connectivity index is 1.76. The van der Waals surface area contributed by atoms with E-state index in [0.717, 1.165) is 27.9 Å². The third-order valence-corrected chi connectivity index (χ3v) is 7.57. The van der Waals surface area contributed by atoms with E-state index in [2.05, 4.69) is 11.8 Å². The van der Waals surface area contributed by atoms with Crippen LogP contribution in [0.1, 0.15) is 13.8 Å². The molecule has 0 N–H and O–H groups in total. The summed E-state index contributed by atoms with van der Waals surface area (Å²) in [5.74, 6) is 1.35. The maximum atomic E-state index is 13.3. The van der Waals surface area contributed by atoms with Crippen molar-refractivity contribution in [3.05, 3.63) is 51.4 Å². The molecular formula is C22H22ClN3O3S2. The minimum Gasteiger partial charge on any atom is -0.497 e. The number of carbonyl (C=O) groups excluding carboxylic acids is 1. The molecule has 2 aliphatic heterocycles. The summed E-state index contributed by atoms with van der Waals surface area (Å²) >= 11 is 9.15. The molecule has 0 radical (unpaired) electrons. The van der Waals surface area contributed by atoms with E-state index in [1.165, 1.54) is 11.8 Å². The molecule has 9 heteroatoms. The molecule has 1 amide bonds. The van der Waals surface area contributed by atoms with Crippen LogP contribution in [0.15, 0.2) is 56.2 Å². The first-order valence-electron chi connectivity index (χ1n) is 9.80. The van der Waals surface area contributed by atoms with Gasteiger partial charge in [0.2, 0.25) is 0 Å². The normalized spacial score (nSPS) is 19.4. The molecule has 0 unspecified atom stereocenters. The van der Waals surface area contributed by atoms with Crippen molar-refractivity contribution in [2.24, 2.45) is 4.99 Å². The Kier molecular flexibility index (Phi) is 6.41. The largest absolute Gasteiger partial charge is 0.497 e. The van der Waals surface area contributed by atoms with Crippen molar-refractivity contribution in [1.82, 2.24) is 4.90 Å². The van der Waals surface area contributed by atoms with Gasteiger partial charge in [0.05, 0.1) is 19.9 Å². The summed E-state index contributed by atoms with van der Waals surface area (Å²) in [5.41, 5.74) is 1.64. The van der Waals surface area contributed by atoms with Gasteiger partial charge in [-0.25, -0.2) is 4.99 Å². The van der Waals surface area contributed by atoms with Crippen LogP contribution in [0.2, 0.25) is 5.02 Å². The van der Waals surface area contributed by atoms with E-state index in [-0.39, 0.29) is 5.91 Å². The number of hydrogen-bond donors (Lipinski definition) is 0. The van der Waals surface area contributed by atoms with Gasteiger partial charge < -0.3 is 14.4 Å². The molecule has 0 aromatic heterocycles. The van der Waals surface area contributed by atoms with Crippen molar-refractivity contribution in [1.29, 1.82) is 0 Å². The van der Waals surface area contributed by atoms with Crippen LogP contribution >= 0.6 is 35.1 Å². The number of anilines is 1. The van der Waals surface area contributed by atoms with E-state index in [0.29, 0.717) is 33.1 Å². The lowest BCUT2D eigenvalue weighted by atomic mass is 10.2. The number of amides is 1. The van der Waals surface area contributed by atoms with E-state index in [1.807, 2.05) is 25.1 Å². The smallest absolute Gasteiger partial charge is 0.269 e. The highest BCUT2D eigenvalue weighted by atomic mass is 35.5. The van der Waals surface area contributed by atoms with Crippen LogP contribution in [-0.2, 0) is 4.79 Å². The molecule has 162 valence electrons. The molecule has 6 nitrogen and oxygen atoms in total. The van der Waals surface area contributed by atoms with Gasteiger partial charge in [-0.1, -0.05) is 23.4 Å². The zero-order valence-corrected chi connectivity index (χ0v) is 20.0. The molecule has 0 atom stereocenters. The van der Waals surface area contributed by atoms with Crippen LogP contribution in [0.5, 0.6) is 11.5 Å². The van der Waals surface area contributed by atoms with E-state index in [1.54, 1.807) is 49.1 Å². The summed E-state index contributed by atoms with van der Waals surface area (Å²) in [6.07, 6.45) is 0. The van der Waals surface area contributed by atoms with Crippen molar-refractivity contribution in [2.45, 2.75) is 18.7 Å². The second-order valence-electron chi connectivity index (χ2n) is 6.68. The molecule has 0 bridgehead atoms. The topological polar surface area (TPSA) is 54.4 Å². The first-order chi connectivity index (χ1) is 15.0. The molecule has 31 heavy (non-hydrogen) atoms. The van der Waals surface area contributed by atoms with Gasteiger partial charge in [0.25, 0.3) is 5.91 Å². The molecule has 4 rings (SSSR count). The first kappa shape index (κ1) is 21.9. The summed E-state index contributed by atoms with van der Waals surface area (Å²) < 4.78 is 10.8. The minimum atomic E-state index is -0.0482. The highest BCUT2D eigenvalue weighted by Crippen LogP contribution is 2.51. The van der Waals surface area contributed by atoms with Crippen LogP contribution < -0.4 is 14.4 Å². The van der Waals surface area contributed by atoms with Gasteiger partial charge in [-0.3, -0.25) is 9.69 Å². The lowest BCUT2D eigenvalue weighted by Crippen LogP contribution is -2.29. The number of ether oxygens (including phenoxy) is 2. The number of thioether (sulfide) groups is 2. The number of rotatable bonds is 5. The highest BCUT2D eigenvalue weighted by Gasteiger charge is 2.39. The molecule has 0 spiro atoms. The number of amidine groups is 1. The molecule has 1 saturated heterocycles. The fourth-order valence-corrected chi connectivity index (χ4v) is 6.02. The van der Waals surface area contributed by atoms with Crippen LogP contribution in [0.3, 0.4) is 0 Å². The second-order valence-corrected chi connectivity index (χ2v) is 9.12. The van der Waals surface area contributed by atoms with Gasteiger partial charge in [0, 0.05) is 29.1 Å². The minimum absolute atomic E-state index is 0.0482. The summed E-state index contributed by atoms with van der Waals surface area (Å²) in [5, 5.41) is 2.09. The SMILES string of the molecule is CCN1C(=O)C(=C2Sc3ccc(OC)cc3N2CC)SC1=Nc1cc(Cl)ccc1OC. The molecule has 2 aromatic carbocycles. The Hall–Kier alpha value is -2.29. The number of nitrogens with zero attached hydrogens (tertiary/aromatic N) is 3. The van der Waals surface area contributed by atoms with Crippen molar-refractivity contribution < 1.29 is 14.3 Å². The second kappa shape index (κ2) is 9.06. The number of halogens is 1. The third kappa shape index (κ3) is 4.00. The van der Waals surface area contributed by atoms with Crippen molar-refractivity contribution in [2.75, 3.05) is 32.2 Å². The van der Waals surface area contributed by atoms with Gasteiger partial charge in [-0.2, -0.15) is 0 Å². The fourth-order valence-electron chi connectivity index (χ4n) is 3.42. The third-order valence-electron chi connectivity index (χ3n) is 4.96. The van der Waals surface area contributed by atoms with E-state index in [9.17, 15) is 4.79 Å². The number of aliphatic imine (C=N–C) groups is 1. The van der Waals surface area contributed by atoms with Gasteiger partial charge in [-0.15, -0.1) is 0 Å². The molecule has 0 saturated carbocycles. The molecule has 0 aliphatic carbocycles. The first-order valence-corrected chi connectivity index (χ1v) is 11.8. The number of carbonyl (C=O) groups is 1. The molecule has 1 fully saturated rings. The zero-order chi connectivity index (χ0) is 22.1. The molecule has 2 aromatic rings. The quantitative estimate of drug-likeness (QED) is 0.514. The van der Waals surface area contributed by atoms with Crippen LogP contribution in [0.25, 0.3) is 0 Å². The van der Waals surface area contributed by atoms with Gasteiger partial charge in [0.15, 0.2) is 5.17 Å². The Morgan fingerprint density at radius 3 is 2.45 bits per heavy atom. The van der Waals surface area contributed by atoms with Crippen LogP contribution in [-0.4, -0.2) is 43.3 Å². The predicted octanol–water partition coefficient (Wildman–Crippen LogP) is 5.74. The average molecular weight is 476 g/mol. The lowest BCUT2D eigenvalue weighted by Gasteiger charge is -2.19. The number of methoxy groups -OCH3 is 2. The number of hydrogen-bond acceptors (Lipinski definition) is 7. The molecule has 2 aliphatic rings. The van der Waals surface area contributed by atoms with Crippen molar-refractivity contribution in [3.8, 4) is 11.5 Å². The fraction of sp³-hybridized carbons (Fsp3) is 0.273. The maximum Gasteiger partial charge on any atom is 0.269 e. The van der Waals surface area contributed by atoms with Crippen molar-refractivity contribution in [3.63, 3.8) is 0 Å². The Morgan fingerprint density at radius 2 is 1.77 bits per heavy atom. The monoisotopic (exact) mass is 475 g/mol. The molecule has 2 heterocycles. The predicted molar refractivity (Wildman–Crippen MR) is 129 cm³/mol. The van der Waals surface area contributed by atoms with Crippen LogP contribution in [0, 0.1) is 0 Å². The van der Waals surface area contributed by atoms with E-state index in [4.69, 9.17) is 26.1 Å². The average Bonchev–Trinajstić information content (AvgIpc) is 3.29. The number of fused-ring (bicyclic) bond motifs is 1. The van der Waals surface area contributed by atoms with E-state index >= 15 is 0 Å². The highest BCUT2D eigenvalue weighted by molar-refractivity contribution is 8.19. The van der Waals surface area contributed by atoms with Gasteiger partial charge >= 0.3 is 0 Å². The Morgan fingerprint density at radius 1 is 1.00 bits per heavy atom. The summed E-state index contributed by atoms with van der Waals surface area (Å²) in [6, 6.07) is 11.2. The van der Waals surface area contributed by atoms with Gasteiger partial charge in [0.1, 0.15) is 27.1 Å². The molecular weight excluding hydrogens is 454 g/mol. The Bertz CT molecular complexity index is 1100. The Labute approximate surface area is 195 Å². The van der Waals surface area contributed by atoms with E-state index < -0.39 is 0 Å². The van der Waals surface area contributed by atoms with Gasteiger partial charge in [-0.05, 0) is 55.9 Å². The lowest BCUT2D eigenvalue weighted by molar-refractivity contribution is -0.122. The zero-order valence-electron chi connectivity index (χ0n) is 17.6.